The van der Waals surface area contributed by atoms with E-state index >= 15 is 0 Å². The van der Waals surface area contributed by atoms with Gasteiger partial charge in [0.05, 0.1) is 24.2 Å². The van der Waals surface area contributed by atoms with Crippen LogP contribution in [0.2, 0.25) is 0 Å². The number of nitrogens with zero attached hydrogens (tertiary/aromatic N) is 1. The SMILES string of the molecule is COc1ccc(N(Cc2ccc(C(N)=O)cc2)S(=O)(=O)c2cc(C)ccc2C)cc1. The van der Waals surface area contributed by atoms with E-state index in [9.17, 15) is 13.2 Å². The highest BCUT2D eigenvalue weighted by Crippen LogP contribution is 2.29. The van der Waals surface area contributed by atoms with Crippen LogP contribution in [0.3, 0.4) is 0 Å². The Hall–Kier alpha value is -3.32. The van der Waals surface area contributed by atoms with Crippen LogP contribution >= 0.6 is 0 Å². The minimum atomic E-state index is -3.85. The number of rotatable bonds is 7. The molecule has 0 aliphatic rings. The van der Waals surface area contributed by atoms with Crippen LogP contribution in [0.1, 0.15) is 27.0 Å². The van der Waals surface area contributed by atoms with Crippen LogP contribution in [-0.4, -0.2) is 21.4 Å². The van der Waals surface area contributed by atoms with E-state index in [0.717, 1.165) is 11.1 Å². The van der Waals surface area contributed by atoms with Gasteiger partial charge in [-0.1, -0.05) is 24.3 Å². The Labute approximate surface area is 177 Å². The second kappa shape index (κ2) is 8.59. The van der Waals surface area contributed by atoms with Crippen molar-refractivity contribution in [1.29, 1.82) is 0 Å². The molecule has 0 atom stereocenters. The lowest BCUT2D eigenvalue weighted by Crippen LogP contribution is -2.31. The fourth-order valence-corrected chi connectivity index (χ4v) is 4.87. The van der Waals surface area contributed by atoms with Crippen LogP contribution in [0.5, 0.6) is 5.75 Å². The van der Waals surface area contributed by atoms with Crippen LogP contribution in [0.15, 0.2) is 71.6 Å². The maximum absolute atomic E-state index is 13.7. The molecule has 0 spiro atoms. The van der Waals surface area contributed by atoms with Crippen LogP contribution in [0.25, 0.3) is 0 Å². The Morgan fingerprint density at radius 3 is 2.17 bits per heavy atom. The van der Waals surface area contributed by atoms with Crippen molar-refractivity contribution in [2.45, 2.75) is 25.3 Å². The minimum absolute atomic E-state index is 0.0983. The van der Waals surface area contributed by atoms with Crippen LogP contribution in [0.4, 0.5) is 5.69 Å². The molecule has 0 unspecified atom stereocenters. The summed E-state index contributed by atoms with van der Waals surface area (Å²) in [6.07, 6.45) is 0. The molecule has 7 heteroatoms. The van der Waals surface area contributed by atoms with Crippen molar-refractivity contribution in [3.8, 4) is 5.75 Å². The number of benzene rings is 3. The van der Waals surface area contributed by atoms with E-state index in [1.807, 2.05) is 13.0 Å². The molecule has 0 fully saturated rings. The maximum Gasteiger partial charge on any atom is 0.264 e. The van der Waals surface area contributed by atoms with Crippen molar-refractivity contribution < 1.29 is 17.9 Å². The van der Waals surface area contributed by atoms with Gasteiger partial charge in [0.15, 0.2) is 0 Å². The smallest absolute Gasteiger partial charge is 0.264 e. The predicted octanol–water partition coefficient (Wildman–Crippen LogP) is 3.81. The molecule has 3 aromatic carbocycles. The summed E-state index contributed by atoms with van der Waals surface area (Å²) in [6, 6.07) is 18.8. The van der Waals surface area contributed by atoms with E-state index in [4.69, 9.17) is 10.5 Å². The van der Waals surface area contributed by atoms with Crippen LogP contribution in [-0.2, 0) is 16.6 Å². The standard InChI is InChI=1S/C23H24N2O4S/c1-16-4-5-17(2)22(14-16)30(27,28)25(20-10-12-21(29-3)13-11-20)15-18-6-8-19(9-7-18)23(24)26/h4-14H,15H2,1-3H3,(H2,24,26). The van der Waals surface area contributed by atoms with Gasteiger partial charge in [0.1, 0.15) is 5.75 Å². The first-order valence-electron chi connectivity index (χ1n) is 9.35. The highest BCUT2D eigenvalue weighted by Gasteiger charge is 2.27. The fourth-order valence-electron chi connectivity index (χ4n) is 3.11. The number of carbonyl (C=O) groups excluding carboxylic acids is 1. The van der Waals surface area contributed by atoms with Gasteiger partial charge in [-0.2, -0.15) is 0 Å². The minimum Gasteiger partial charge on any atom is -0.497 e. The molecule has 30 heavy (non-hydrogen) atoms. The molecule has 0 saturated heterocycles. The average molecular weight is 425 g/mol. The summed E-state index contributed by atoms with van der Waals surface area (Å²) in [4.78, 5) is 11.6. The molecule has 1 amide bonds. The summed E-state index contributed by atoms with van der Waals surface area (Å²) in [6.45, 7) is 3.74. The molecule has 6 nitrogen and oxygen atoms in total. The lowest BCUT2D eigenvalue weighted by Gasteiger charge is -2.26. The van der Waals surface area contributed by atoms with Crippen molar-refractivity contribution in [2.75, 3.05) is 11.4 Å². The van der Waals surface area contributed by atoms with E-state index in [-0.39, 0.29) is 11.4 Å². The molecule has 0 bridgehead atoms. The Morgan fingerprint density at radius 2 is 1.60 bits per heavy atom. The topological polar surface area (TPSA) is 89.7 Å². The molecule has 0 aliphatic heterocycles. The fraction of sp³-hybridized carbons (Fsp3) is 0.174. The number of amides is 1. The maximum atomic E-state index is 13.7. The zero-order chi connectivity index (χ0) is 21.9. The second-order valence-electron chi connectivity index (χ2n) is 7.04. The largest absolute Gasteiger partial charge is 0.497 e. The number of primary amides is 1. The monoisotopic (exact) mass is 424 g/mol. The molecule has 3 rings (SSSR count). The van der Waals surface area contributed by atoms with Gasteiger partial charge in [-0.15, -0.1) is 0 Å². The quantitative estimate of drug-likeness (QED) is 0.625. The normalized spacial score (nSPS) is 11.2. The molecule has 0 radical (unpaired) electrons. The van der Waals surface area contributed by atoms with Crippen molar-refractivity contribution in [1.82, 2.24) is 0 Å². The summed E-state index contributed by atoms with van der Waals surface area (Å²) in [5, 5.41) is 0. The molecular formula is C23H24N2O4S. The summed E-state index contributed by atoms with van der Waals surface area (Å²) < 4.78 is 33.9. The number of aryl methyl sites for hydroxylation is 2. The number of anilines is 1. The number of sulfonamides is 1. The lowest BCUT2D eigenvalue weighted by atomic mass is 10.1. The molecular weight excluding hydrogens is 400 g/mol. The summed E-state index contributed by atoms with van der Waals surface area (Å²) in [5.74, 6) is 0.102. The van der Waals surface area contributed by atoms with Gasteiger partial charge in [0.25, 0.3) is 10.0 Å². The molecule has 0 saturated carbocycles. The Bertz CT molecular complexity index is 1150. The van der Waals surface area contributed by atoms with Crippen molar-refractivity contribution >= 4 is 21.6 Å². The molecule has 0 aromatic heterocycles. The van der Waals surface area contributed by atoms with Gasteiger partial charge in [0.2, 0.25) is 5.91 Å². The number of carbonyl (C=O) groups is 1. The first-order chi connectivity index (χ1) is 14.2. The van der Waals surface area contributed by atoms with Crippen molar-refractivity contribution in [3.63, 3.8) is 0 Å². The van der Waals surface area contributed by atoms with E-state index in [1.54, 1.807) is 74.7 Å². The summed E-state index contributed by atoms with van der Waals surface area (Å²) in [7, 11) is -2.30. The highest BCUT2D eigenvalue weighted by atomic mass is 32.2. The van der Waals surface area contributed by atoms with Gasteiger partial charge in [-0.05, 0) is 73.0 Å². The molecule has 2 N–H and O–H groups in total. The number of nitrogens with two attached hydrogens (primary N) is 1. The van der Waals surface area contributed by atoms with Gasteiger partial charge in [0, 0.05) is 5.56 Å². The number of ether oxygens (including phenoxy) is 1. The zero-order valence-electron chi connectivity index (χ0n) is 17.1. The predicted molar refractivity (Wildman–Crippen MR) is 117 cm³/mol. The highest BCUT2D eigenvalue weighted by molar-refractivity contribution is 7.92. The number of hydrogen-bond donors (Lipinski definition) is 1. The number of hydrogen-bond acceptors (Lipinski definition) is 4. The molecule has 0 aliphatic carbocycles. The van der Waals surface area contributed by atoms with E-state index in [1.165, 1.54) is 4.31 Å². The van der Waals surface area contributed by atoms with Gasteiger partial charge in [-0.3, -0.25) is 9.10 Å². The van der Waals surface area contributed by atoms with Crippen LogP contribution < -0.4 is 14.8 Å². The van der Waals surface area contributed by atoms with E-state index < -0.39 is 15.9 Å². The third-order valence-electron chi connectivity index (χ3n) is 4.84. The lowest BCUT2D eigenvalue weighted by molar-refractivity contribution is 0.1000. The molecule has 0 heterocycles. The Kier molecular flexibility index (Phi) is 6.12. The summed E-state index contributed by atoms with van der Waals surface area (Å²) >= 11 is 0. The Balaban J connectivity index is 2.08. The van der Waals surface area contributed by atoms with E-state index in [2.05, 4.69) is 0 Å². The van der Waals surface area contributed by atoms with Gasteiger partial charge in [-0.25, -0.2) is 8.42 Å². The van der Waals surface area contributed by atoms with Crippen molar-refractivity contribution in [3.05, 3.63) is 89.0 Å². The van der Waals surface area contributed by atoms with E-state index in [0.29, 0.717) is 22.6 Å². The summed E-state index contributed by atoms with van der Waals surface area (Å²) in [5.41, 5.74) is 8.44. The van der Waals surface area contributed by atoms with Crippen LogP contribution in [0, 0.1) is 13.8 Å². The van der Waals surface area contributed by atoms with Gasteiger partial charge < -0.3 is 10.5 Å². The van der Waals surface area contributed by atoms with Crippen molar-refractivity contribution in [2.24, 2.45) is 5.73 Å². The second-order valence-corrected chi connectivity index (χ2v) is 8.87. The molecule has 156 valence electrons. The third-order valence-corrected chi connectivity index (χ3v) is 6.75. The van der Waals surface area contributed by atoms with Gasteiger partial charge >= 0.3 is 0 Å². The number of methoxy groups -OCH3 is 1. The zero-order valence-corrected chi connectivity index (χ0v) is 17.9. The third kappa shape index (κ3) is 4.46. The average Bonchev–Trinajstić information content (AvgIpc) is 2.74. The Morgan fingerprint density at radius 1 is 0.967 bits per heavy atom. The first-order valence-corrected chi connectivity index (χ1v) is 10.8. The molecule has 3 aromatic rings. The first kappa shape index (κ1) is 21.4.